The minimum Gasteiger partial charge on any atom is -0.397 e. The molecule has 3 N–H and O–H groups in total. The van der Waals surface area contributed by atoms with E-state index in [0.717, 1.165) is 34.2 Å². The van der Waals surface area contributed by atoms with Gasteiger partial charge < -0.3 is 11.1 Å². The minimum atomic E-state index is -0.0505. The van der Waals surface area contributed by atoms with E-state index >= 15 is 0 Å². The maximum atomic E-state index is 12.2. The van der Waals surface area contributed by atoms with E-state index in [2.05, 4.69) is 11.6 Å². The van der Waals surface area contributed by atoms with Crippen LogP contribution in [-0.2, 0) is 0 Å². The fourth-order valence-electron chi connectivity index (χ4n) is 2.05. The molecule has 20 heavy (non-hydrogen) atoms. The predicted octanol–water partition coefficient (Wildman–Crippen LogP) is 3.66. The Kier molecular flexibility index (Phi) is 5.31. The van der Waals surface area contributed by atoms with Crippen LogP contribution in [0.5, 0.6) is 0 Å². The molecule has 0 bridgehead atoms. The molecule has 2 rings (SSSR count). The van der Waals surface area contributed by atoms with E-state index in [9.17, 15) is 4.79 Å². The number of thioether (sulfide) groups is 1. The van der Waals surface area contributed by atoms with E-state index < -0.39 is 0 Å². The van der Waals surface area contributed by atoms with E-state index in [1.807, 2.05) is 36.9 Å². The number of carbonyl (C=O) groups is 1. The summed E-state index contributed by atoms with van der Waals surface area (Å²) < 4.78 is 1.07. The van der Waals surface area contributed by atoms with Gasteiger partial charge >= 0.3 is 0 Å². The van der Waals surface area contributed by atoms with Crippen LogP contribution in [0.3, 0.4) is 0 Å². The normalized spacial score (nSPS) is 10.9. The van der Waals surface area contributed by atoms with Gasteiger partial charge in [0.25, 0.3) is 5.91 Å². The van der Waals surface area contributed by atoms with Gasteiger partial charge in [0.15, 0.2) is 0 Å². The summed E-state index contributed by atoms with van der Waals surface area (Å²) in [6.45, 7) is 2.74. The molecule has 0 fully saturated rings. The molecule has 0 saturated carbocycles. The first-order valence-electron chi connectivity index (χ1n) is 6.69. The van der Waals surface area contributed by atoms with Crippen LogP contribution in [0.25, 0.3) is 10.1 Å². The van der Waals surface area contributed by atoms with Crippen LogP contribution in [0, 0.1) is 6.92 Å². The number of rotatable bonds is 6. The summed E-state index contributed by atoms with van der Waals surface area (Å²) >= 11 is 3.30. The molecule has 0 unspecified atom stereocenters. The Morgan fingerprint density at radius 1 is 1.40 bits per heavy atom. The summed E-state index contributed by atoms with van der Waals surface area (Å²) in [5.74, 6) is 1.09. The molecule has 0 aliphatic rings. The number of amides is 1. The van der Waals surface area contributed by atoms with Gasteiger partial charge in [-0.05, 0) is 43.9 Å². The molecule has 3 nitrogen and oxygen atoms in total. The first-order valence-corrected chi connectivity index (χ1v) is 8.90. The van der Waals surface area contributed by atoms with Crippen molar-refractivity contribution in [2.75, 3.05) is 24.3 Å². The number of anilines is 1. The van der Waals surface area contributed by atoms with Crippen molar-refractivity contribution in [1.82, 2.24) is 5.32 Å². The molecule has 0 aliphatic carbocycles. The van der Waals surface area contributed by atoms with Crippen molar-refractivity contribution in [1.29, 1.82) is 0 Å². The Labute approximate surface area is 127 Å². The Morgan fingerprint density at radius 2 is 2.20 bits per heavy atom. The highest BCUT2D eigenvalue weighted by Crippen LogP contribution is 2.34. The molecule has 1 aromatic carbocycles. The first kappa shape index (κ1) is 15.2. The van der Waals surface area contributed by atoms with E-state index in [0.29, 0.717) is 17.1 Å². The maximum absolute atomic E-state index is 12.2. The molecule has 0 saturated heterocycles. The molecule has 0 spiro atoms. The van der Waals surface area contributed by atoms with Crippen molar-refractivity contribution < 1.29 is 4.79 Å². The average Bonchev–Trinajstić information content (AvgIpc) is 2.76. The third-order valence-electron chi connectivity index (χ3n) is 3.15. The standard InChI is InChI=1S/C15H20N2OS2/c1-10-5-6-12-11(9-10)13(16)14(20-12)15(18)17-7-3-4-8-19-2/h5-6,9H,3-4,7-8,16H2,1-2H3,(H,17,18). The number of hydrogen-bond acceptors (Lipinski definition) is 4. The fraction of sp³-hybridized carbons (Fsp3) is 0.400. The van der Waals surface area contributed by atoms with Gasteiger partial charge in [-0.25, -0.2) is 0 Å². The number of nitrogen functional groups attached to an aromatic ring is 1. The number of thiophene rings is 1. The third-order valence-corrected chi connectivity index (χ3v) is 5.03. The number of carbonyl (C=O) groups excluding carboxylic acids is 1. The molecule has 0 atom stereocenters. The minimum absolute atomic E-state index is 0.0505. The van der Waals surface area contributed by atoms with Gasteiger partial charge in [-0.15, -0.1) is 11.3 Å². The first-order chi connectivity index (χ1) is 9.63. The predicted molar refractivity (Wildman–Crippen MR) is 90.9 cm³/mol. The maximum Gasteiger partial charge on any atom is 0.263 e. The second-order valence-corrected chi connectivity index (χ2v) is 6.84. The quantitative estimate of drug-likeness (QED) is 0.801. The fourth-order valence-corrected chi connectivity index (χ4v) is 3.57. The summed E-state index contributed by atoms with van der Waals surface area (Å²) in [7, 11) is 0. The molecule has 108 valence electrons. The van der Waals surface area contributed by atoms with Gasteiger partial charge in [0.05, 0.1) is 5.69 Å². The summed E-state index contributed by atoms with van der Waals surface area (Å²) in [6, 6.07) is 6.11. The van der Waals surface area contributed by atoms with Crippen molar-refractivity contribution in [2.24, 2.45) is 0 Å². The largest absolute Gasteiger partial charge is 0.397 e. The Morgan fingerprint density at radius 3 is 2.95 bits per heavy atom. The van der Waals surface area contributed by atoms with E-state index in [4.69, 9.17) is 5.73 Å². The number of nitrogens with one attached hydrogen (secondary N) is 1. The highest BCUT2D eigenvalue weighted by molar-refractivity contribution is 7.98. The van der Waals surface area contributed by atoms with E-state index in [-0.39, 0.29) is 5.91 Å². The third kappa shape index (κ3) is 3.46. The van der Waals surface area contributed by atoms with E-state index in [1.165, 1.54) is 11.3 Å². The summed E-state index contributed by atoms with van der Waals surface area (Å²) in [5, 5.41) is 3.94. The van der Waals surface area contributed by atoms with Crippen LogP contribution in [0.2, 0.25) is 0 Å². The topological polar surface area (TPSA) is 55.1 Å². The molecule has 2 aromatic rings. The summed E-state index contributed by atoms with van der Waals surface area (Å²) in [6.07, 6.45) is 4.23. The molecular weight excluding hydrogens is 288 g/mol. The number of unbranched alkanes of at least 4 members (excludes halogenated alkanes) is 1. The number of nitrogens with two attached hydrogens (primary N) is 1. The van der Waals surface area contributed by atoms with Crippen LogP contribution >= 0.6 is 23.1 Å². The number of fused-ring (bicyclic) bond motifs is 1. The molecular formula is C15H20N2OS2. The van der Waals surface area contributed by atoms with Crippen LogP contribution in [0.15, 0.2) is 18.2 Å². The zero-order valence-corrected chi connectivity index (χ0v) is 13.5. The van der Waals surface area contributed by atoms with Gasteiger partial charge in [-0.1, -0.05) is 11.6 Å². The Bertz CT molecular complexity index is 607. The highest BCUT2D eigenvalue weighted by atomic mass is 32.2. The second-order valence-electron chi connectivity index (χ2n) is 4.80. The van der Waals surface area contributed by atoms with Crippen molar-refractivity contribution >= 4 is 44.8 Å². The average molecular weight is 308 g/mol. The van der Waals surface area contributed by atoms with Crippen LogP contribution in [0.4, 0.5) is 5.69 Å². The van der Waals surface area contributed by atoms with Gasteiger partial charge in [0, 0.05) is 16.6 Å². The lowest BCUT2D eigenvalue weighted by molar-refractivity contribution is 0.0958. The molecule has 0 aliphatic heterocycles. The number of aryl methyl sites for hydroxylation is 1. The molecule has 1 amide bonds. The summed E-state index contributed by atoms with van der Waals surface area (Å²) in [4.78, 5) is 12.8. The lowest BCUT2D eigenvalue weighted by Crippen LogP contribution is -2.24. The van der Waals surface area contributed by atoms with Crippen molar-refractivity contribution in [2.45, 2.75) is 19.8 Å². The second kappa shape index (κ2) is 6.99. The van der Waals surface area contributed by atoms with Gasteiger partial charge in [-0.3, -0.25) is 4.79 Å². The molecule has 1 heterocycles. The van der Waals surface area contributed by atoms with Crippen molar-refractivity contribution in [3.05, 3.63) is 28.6 Å². The van der Waals surface area contributed by atoms with Crippen LogP contribution in [0.1, 0.15) is 28.1 Å². The molecule has 5 heteroatoms. The zero-order chi connectivity index (χ0) is 14.5. The smallest absolute Gasteiger partial charge is 0.263 e. The van der Waals surface area contributed by atoms with Gasteiger partial charge in [0.2, 0.25) is 0 Å². The van der Waals surface area contributed by atoms with Crippen molar-refractivity contribution in [3.63, 3.8) is 0 Å². The lowest BCUT2D eigenvalue weighted by atomic mass is 10.1. The lowest BCUT2D eigenvalue weighted by Gasteiger charge is -2.03. The van der Waals surface area contributed by atoms with Gasteiger partial charge in [0.1, 0.15) is 4.88 Å². The SMILES string of the molecule is CSCCCCNC(=O)c1sc2ccc(C)cc2c1N. The van der Waals surface area contributed by atoms with Crippen molar-refractivity contribution in [3.8, 4) is 0 Å². The van der Waals surface area contributed by atoms with Crippen LogP contribution < -0.4 is 11.1 Å². The number of benzene rings is 1. The number of hydrogen-bond donors (Lipinski definition) is 2. The molecule has 0 radical (unpaired) electrons. The van der Waals surface area contributed by atoms with Gasteiger partial charge in [-0.2, -0.15) is 11.8 Å². The van der Waals surface area contributed by atoms with E-state index in [1.54, 1.807) is 0 Å². The Hall–Kier alpha value is -1.20. The zero-order valence-electron chi connectivity index (χ0n) is 11.9. The highest BCUT2D eigenvalue weighted by Gasteiger charge is 2.15. The Balaban J connectivity index is 2.05. The monoisotopic (exact) mass is 308 g/mol. The van der Waals surface area contributed by atoms with Crippen LogP contribution in [-0.4, -0.2) is 24.5 Å². The molecule has 1 aromatic heterocycles. The summed E-state index contributed by atoms with van der Waals surface area (Å²) in [5.41, 5.74) is 7.87.